The summed E-state index contributed by atoms with van der Waals surface area (Å²) in [5.41, 5.74) is 0.941. The normalized spacial score (nSPS) is 14.0. The van der Waals surface area contributed by atoms with Gasteiger partial charge in [-0.25, -0.2) is 4.98 Å². The number of amides is 1. The third-order valence-corrected chi connectivity index (χ3v) is 3.79. The van der Waals surface area contributed by atoms with Gasteiger partial charge in [-0.3, -0.25) is 4.79 Å². The summed E-state index contributed by atoms with van der Waals surface area (Å²) in [6.07, 6.45) is 4.73. The number of fused-ring (bicyclic) bond motifs is 1. The fraction of sp³-hybridized carbons (Fsp3) is 0.429. The highest BCUT2D eigenvalue weighted by molar-refractivity contribution is 7.99. The fourth-order valence-electron chi connectivity index (χ4n) is 1.94. The van der Waals surface area contributed by atoms with Gasteiger partial charge in [0.2, 0.25) is 5.91 Å². The summed E-state index contributed by atoms with van der Waals surface area (Å²) in [5, 5.41) is 0.949. The molecule has 0 radical (unpaired) electrons. The number of hydrogen-bond acceptors (Lipinski definition) is 4. The molecule has 1 aliphatic heterocycles. The van der Waals surface area contributed by atoms with Crippen molar-refractivity contribution >= 4 is 23.4 Å². The van der Waals surface area contributed by atoms with Crippen LogP contribution < -0.4 is 4.90 Å². The standard InChI is InChI=1S/C14H18N2O2S/c1-2-9-18-10-4-6-13(17)16-8-11-19-14-12(16)5-3-7-15-14/h2-3,5,7H,1,4,6,8-11H2. The molecule has 0 fully saturated rings. The highest BCUT2D eigenvalue weighted by atomic mass is 32.2. The summed E-state index contributed by atoms with van der Waals surface area (Å²) < 4.78 is 5.28. The second-order valence-electron chi connectivity index (χ2n) is 4.19. The summed E-state index contributed by atoms with van der Waals surface area (Å²) in [7, 11) is 0. The van der Waals surface area contributed by atoms with Gasteiger partial charge in [0.15, 0.2) is 0 Å². The van der Waals surface area contributed by atoms with Crippen molar-refractivity contribution in [3.05, 3.63) is 31.0 Å². The van der Waals surface area contributed by atoms with Crippen LogP contribution >= 0.6 is 11.8 Å². The van der Waals surface area contributed by atoms with Crippen LogP contribution in [0.4, 0.5) is 5.69 Å². The summed E-state index contributed by atoms with van der Waals surface area (Å²) in [6, 6.07) is 3.83. The maximum atomic E-state index is 12.2. The largest absolute Gasteiger partial charge is 0.377 e. The number of carbonyl (C=O) groups is 1. The number of rotatable bonds is 6. The minimum Gasteiger partial charge on any atom is -0.377 e. The maximum absolute atomic E-state index is 12.2. The van der Waals surface area contributed by atoms with Gasteiger partial charge in [0.25, 0.3) is 0 Å². The predicted molar refractivity (Wildman–Crippen MR) is 77.6 cm³/mol. The molecule has 0 saturated carbocycles. The van der Waals surface area contributed by atoms with Crippen molar-refractivity contribution in [3.63, 3.8) is 0 Å². The minimum absolute atomic E-state index is 0.150. The molecule has 2 rings (SSSR count). The minimum atomic E-state index is 0.150. The number of thioether (sulfide) groups is 1. The Labute approximate surface area is 117 Å². The average Bonchev–Trinajstić information content (AvgIpc) is 2.46. The predicted octanol–water partition coefficient (Wildman–Crippen LogP) is 2.50. The van der Waals surface area contributed by atoms with E-state index in [1.165, 1.54) is 0 Å². The molecule has 0 bridgehead atoms. The molecule has 2 heterocycles. The first kappa shape index (κ1) is 14.1. The van der Waals surface area contributed by atoms with E-state index < -0.39 is 0 Å². The first-order valence-electron chi connectivity index (χ1n) is 6.39. The first-order chi connectivity index (χ1) is 9.33. The van der Waals surface area contributed by atoms with Crippen LogP contribution in [0, 0.1) is 0 Å². The molecule has 1 amide bonds. The van der Waals surface area contributed by atoms with E-state index in [2.05, 4.69) is 11.6 Å². The zero-order valence-electron chi connectivity index (χ0n) is 10.9. The first-order valence-corrected chi connectivity index (χ1v) is 7.38. The molecule has 0 aromatic carbocycles. The van der Waals surface area contributed by atoms with Gasteiger partial charge in [0, 0.05) is 31.5 Å². The molecule has 4 nitrogen and oxygen atoms in total. The van der Waals surface area contributed by atoms with Crippen molar-refractivity contribution in [3.8, 4) is 0 Å². The molecule has 0 N–H and O–H groups in total. The Morgan fingerprint density at radius 2 is 2.53 bits per heavy atom. The topological polar surface area (TPSA) is 42.4 Å². The number of nitrogens with zero attached hydrogens (tertiary/aromatic N) is 2. The number of anilines is 1. The summed E-state index contributed by atoms with van der Waals surface area (Å²) in [6.45, 7) is 5.48. The van der Waals surface area contributed by atoms with Gasteiger partial charge < -0.3 is 9.64 Å². The smallest absolute Gasteiger partial charge is 0.227 e. The van der Waals surface area contributed by atoms with E-state index in [0.29, 0.717) is 19.6 Å². The summed E-state index contributed by atoms with van der Waals surface area (Å²) in [4.78, 5) is 18.4. The van der Waals surface area contributed by atoms with Crippen molar-refractivity contribution in [1.29, 1.82) is 0 Å². The Balaban J connectivity index is 1.88. The zero-order valence-corrected chi connectivity index (χ0v) is 11.7. The van der Waals surface area contributed by atoms with Crippen LogP contribution in [-0.4, -0.2) is 36.4 Å². The van der Waals surface area contributed by atoms with Gasteiger partial charge in [0.1, 0.15) is 5.03 Å². The maximum Gasteiger partial charge on any atom is 0.227 e. The van der Waals surface area contributed by atoms with Crippen molar-refractivity contribution in [2.45, 2.75) is 17.9 Å². The van der Waals surface area contributed by atoms with E-state index in [1.807, 2.05) is 17.0 Å². The highest BCUT2D eigenvalue weighted by Gasteiger charge is 2.22. The molecule has 0 unspecified atom stereocenters. The van der Waals surface area contributed by atoms with Gasteiger partial charge in [-0.05, 0) is 18.6 Å². The number of hydrogen-bond donors (Lipinski definition) is 0. The number of aromatic nitrogens is 1. The second kappa shape index (κ2) is 7.31. The van der Waals surface area contributed by atoms with Crippen LogP contribution in [0.3, 0.4) is 0 Å². The molecular weight excluding hydrogens is 260 g/mol. The molecule has 5 heteroatoms. The summed E-state index contributed by atoms with van der Waals surface area (Å²) in [5.74, 6) is 1.06. The Morgan fingerprint density at radius 3 is 3.37 bits per heavy atom. The monoisotopic (exact) mass is 278 g/mol. The molecule has 0 spiro atoms. The van der Waals surface area contributed by atoms with Crippen molar-refractivity contribution in [1.82, 2.24) is 4.98 Å². The summed E-state index contributed by atoms with van der Waals surface area (Å²) >= 11 is 1.70. The Morgan fingerprint density at radius 1 is 1.63 bits per heavy atom. The van der Waals surface area contributed by atoms with Crippen LogP contribution in [0.5, 0.6) is 0 Å². The van der Waals surface area contributed by atoms with E-state index in [0.717, 1.165) is 29.4 Å². The lowest BCUT2D eigenvalue weighted by Gasteiger charge is -2.28. The second-order valence-corrected chi connectivity index (χ2v) is 5.27. The lowest BCUT2D eigenvalue weighted by Crippen LogP contribution is -2.35. The van der Waals surface area contributed by atoms with Crippen molar-refractivity contribution in [2.75, 3.05) is 30.4 Å². The van der Waals surface area contributed by atoms with Gasteiger partial charge in [-0.1, -0.05) is 6.08 Å². The molecule has 1 aliphatic rings. The number of carbonyl (C=O) groups excluding carboxylic acids is 1. The quantitative estimate of drug-likeness (QED) is 0.592. The average molecular weight is 278 g/mol. The zero-order chi connectivity index (χ0) is 13.5. The highest BCUT2D eigenvalue weighted by Crippen LogP contribution is 2.32. The number of pyridine rings is 1. The SMILES string of the molecule is C=CCOCCCC(=O)N1CCSc2ncccc21. The fourth-order valence-corrected chi connectivity index (χ4v) is 2.87. The van der Waals surface area contributed by atoms with Crippen molar-refractivity contribution < 1.29 is 9.53 Å². The lowest BCUT2D eigenvalue weighted by molar-refractivity contribution is -0.118. The van der Waals surface area contributed by atoms with Crippen LogP contribution in [0.1, 0.15) is 12.8 Å². The molecule has 1 aromatic heterocycles. The Hall–Kier alpha value is -1.33. The van der Waals surface area contributed by atoms with Crippen LogP contribution in [0.25, 0.3) is 0 Å². The van der Waals surface area contributed by atoms with Crippen LogP contribution in [-0.2, 0) is 9.53 Å². The Bertz CT molecular complexity index is 451. The molecule has 0 atom stereocenters. The Kier molecular flexibility index (Phi) is 5.42. The third-order valence-electron chi connectivity index (χ3n) is 2.81. The van der Waals surface area contributed by atoms with Crippen LogP contribution in [0.2, 0.25) is 0 Å². The molecule has 1 aromatic rings. The van der Waals surface area contributed by atoms with Gasteiger partial charge >= 0.3 is 0 Å². The van der Waals surface area contributed by atoms with Crippen LogP contribution in [0.15, 0.2) is 36.0 Å². The van der Waals surface area contributed by atoms with Crippen molar-refractivity contribution in [2.24, 2.45) is 0 Å². The molecule has 0 aliphatic carbocycles. The third kappa shape index (κ3) is 3.81. The van der Waals surface area contributed by atoms with E-state index in [4.69, 9.17) is 4.74 Å². The van der Waals surface area contributed by atoms with E-state index in [1.54, 1.807) is 24.0 Å². The van der Waals surface area contributed by atoms with E-state index in [-0.39, 0.29) is 5.91 Å². The van der Waals surface area contributed by atoms with E-state index >= 15 is 0 Å². The van der Waals surface area contributed by atoms with Gasteiger partial charge in [0.05, 0.1) is 12.3 Å². The molecule has 102 valence electrons. The molecule has 19 heavy (non-hydrogen) atoms. The van der Waals surface area contributed by atoms with E-state index in [9.17, 15) is 4.79 Å². The molecular formula is C14H18N2O2S. The van der Waals surface area contributed by atoms with Gasteiger partial charge in [-0.15, -0.1) is 18.3 Å². The van der Waals surface area contributed by atoms with Gasteiger partial charge in [-0.2, -0.15) is 0 Å². The number of ether oxygens (including phenoxy) is 1. The lowest BCUT2D eigenvalue weighted by atomic mass is 10.2. The molecule has 0 saturated heterocycles.